The van der Waals surface area contributed by atoms with Crippen LogP contribution in [0.25, 0.3) is 0 Å². The first kappa shape index (κ1) is 39.1. The zero-order chi connectivity index (χ0) is 35.2. The molecule has 0 unspecified atom stereocenters. The Kier molecular flexibility index (Phi) is 15.3. The molecule has 47 heavy (non-hydrogen) atoms. The van der Waals surface area contributed by atoms with Gasteiger partial charge in [-0.2, -0.15) is 17.4 Å². The molecule has 0 aliphatic heterocycles. The lowest BCUT2D eigenvalue weighted by Gasteiger charge is -2.33. The monoisotopic (exact) mass is 677 g/mol. The number of alkyl carbamates (subject to hydrolysis) is 1. The summed E-state index contributed by atoms with van der Waals surface area (Å²) in [4.78, 5) is 50.3. The predicted octanol–water partition coefficient (Wildman–Crippen LogP) is 1.38. The number of ether oxygens (including phenoxy) is 2. The number of nitrogens with one attached hydrogen (secondary N) is 3. The molecule has 0 aliphatic carbocycles. The fourth-order valence-corrected chi connectivity index (χ4v) is 6.21. The van der Waals surface area contributed by atoms with Gasteiger partial charge in [0.2, 0.25) is 11.8 Å². The molecule has 0 spiro atoms. The zero-order valence-electron chi connectivity index (χ0n) is 27.5. The highest BCUT2D eigenvalue weighted by molar-refractivity contribution is 7.87. The molecule has 260 valence electrons. The van der Waals surface area contributed by atoms with E-state index in [0.29, 0.717) is 11.1 Å². The molecule has 3 atom stereocenters. The van der Waals surface area contributed by atoms with E-state index in [2.05, 4.69) is 15.4 Å². The second-order valence-corrected chi connectivity index (χ2v) is 13.6. The topological polar surface area (TPSA) is 206 Å². The highest BCUT2D eigenvalue weighted by Gasteiger charge is 2.38. The van der Waals surface area contributed by atoms with Crippen molar-refractivity contribution in [2.24, 2.45) is 11.7 Å². The molecule has 0 saturated heterocycles. The van der Waals surface area contributed by atoms with Gasteiger partial charge in [-0.05, 0) is 44.2 Å². The number of amides is 3. The molecule has 0 fully saturated rings. The second-order valence-electron chi connectivity index (χ2n) is 12.0. The summed E-state index contributed by atoms with van der Waals surface area (Å²) in [6.07, 6.45) is -2.96. The number of aliphatic hydroxyl groups is 1. The molecule has 2 aromatic rings. The minimum Gasteiger partial charge on any atom is -0.465 e. The normalized spacial score (nSPS) is 13.8. The fourth-order valence-electron chi connectivity index (χ4n) is 4.51. The van der Waals surface area contributed by atoms with Gasteiger partial charge >= 0.3 is 12.1 Å². The second kappa shape index (κ2) is 18.3. The summed E-state index contributed by atoms with van der Waals surface area (Å²) >= 11 is 0. The number of benzene rings is 2. The summed E-state index contributed by atoms with van der Waals surface area (Å²) < 4.78 is 40.6. The number of esters is 1. The van der Waals surface area contributed by atoms with Crippen molar-refractivity contribution >= 4 is 34.1 Å². The van der Waals surface area contributed by atoms with E-state index in [-0.39, 0.29) is 32.1 Å². The average molecular weight is 678 g/mol. The first-order valence-corrected chi connectivity index (χ1v) is 16.7. The van der Waals surface area contributed by atoms with Gasteiger partial charge in [0, 0.05) is 13.1 Å². The number of nitrogens with zero attached hydrogens (tertiary/aromatic N) is 1. The van der Waals surface area contributed by atoms with Crippen molar-refractivity contribution in [3.63, 3.8) is 0 Å². The van der Waals surface area contributed by atoms with Crippen molar-refractivity contribution in [3.8, 4) is 0 Å². The van der Waals surface area contributed by atoms with E-state index in [1.165, 1.54) is 13.8 Å². The van der Waals surface area contributed by atoms with E-state index < -0.39 is 70.8 Å². The summed E-state index contributed by atoms with van der Waals surface area (Å²) in [6.45, 7) is 7.35. The summed E-state index contributed by atoms with van der Waals surface area (Å²) in [7, 11) is -4.37. The third kappa shape index (κ3) is 13.7. The van der Waals surface area contributed by atoms with Gasteiger partial charge in [0.15, 0.2) is 0 Å². The number of primary amides is 1. The van der Waals surface area contributed by atoms with Gasteiger partial charge in [0.1, 0.15) is 18.2 Å². The van der Waals surface area contributed by atoms with Crippen molar-refractivity contribution in [2.75, 3.05) is 19.7 Å². The average Bonchev–Trinajstić information content (AvgIpc) is 2.99. The fraction of sp³-hybridized carbons (Fsp3) is 0.500. The number of aliphatic hydroxyl groups excluding tert-OH is 1. The number of rotatable bonds is 19. The third-order valence-corrected chi connectivity index (χ3v) is 8.53. The van der Waals surface area contributed by atoms with E-state index >= 15 is 0 Å². The molecule has 0 bridgehead atoms. The maximum Gasteiger partial charge on any atom is 0.408 e. The van der Waals surface area contributed by atoms with E-state index in [9.17, 15) is 32.7 Å². The van der Waals surface area contributed by atoms with Crippen LogP contribution in [0.5, 0.6) is 0 Å². The Bertz CT molecular complexity index is 1420. The van der Waals surface area contributed by atoms with Crippen LogP contribution in [-0.2, 0) is 47.1 Å². The van der Waals surface area contributed by atoms with E-state index in [4.69, 9.17) is 15.2 Å². The number of hydrogen-bond acceptors (Lipinski definition) is 9. The smallest absolute Gasteiger partial charge is 0.408 e. The molecule has 15 heteroatoms. The van der Waals surface area contributed by atoms with Crippen LogP contribution in [-0.4, -0.2) is 85.1 Å². The summed E-state index contributed by atoms with van der Waals surface area (Å²) in [5, 5.41) is 16.5. The minimum absolute atomic E-state index is 0.0313. The molecule has 3 amide bonds. The van der Waals surface area contributed by atoms with Gasteiger partial charge in [0.25, 0.3) is 10.2 Å². The number of carbonyl (C=O) groups is 4. The van der Waals surface area contributed by atoms with Crippen molar-refractivity contribution in [1.29, 1.82) is 0 Å². The Morgan fingerprint density at radius 3 is 2.02 bits per heavy atom. The Morgan fingerprint density at radius 2 is 1.49 bits per heavy atom. The molecule has 6 N–H and O–H groups in total. The molecule has 0 saturated carbocycles. The molecular weight excluding hydrogens is 630 g/mol. The molecular formula is C32H47N5O9S. The van der Waals surface area contributed by atoms with Crippen LogP contribution in [0.2, 0.25) is 0 Å². The van der Waals surface area contributed by atoms with Crippen LogP contribution in [0.15, 0.2) is 60.7 Å². The van der Waals surface area contributed by atoms with Gasteiger partial charge in [-0.25, -0.2) is 4.79 Å². The van der Waals surface area contributed by atoms with Crippen LogP contribution in [0.3, 0.4) is 0 Å². The quantitative estimate of drug-likeness (QED) is 0.136. The first-order valence-electron chi connectivity index (χ1n) is 15.3. The summed E-state index contributed by atoms with van der Waals surface area (Å²) in [5.41, 5.74) is 5.15. The van der Waals surface area contributed by atoms with Gasteiger partial charge < -0.3 is 30.9 Å². The number of carbonyl (C=O) groups excluding carboxylic acids is 4. The molecule has 0 aromatic heterocycles. The van der Waals surface area contributed by atoms with E-state index in [1.807, 2.05) is 0 Å². The van der Waals surface area contributed by atoms with Gasteiger partial charge in [-0.15, -0.1) is 0 Å². The molecule has 2 aromatic carbocycles. The number of nitrogens with two attached hydrogens (primary N) is 1. The zero-order valence-corrected chi connectivity index (χ0v) is 28.3. The van der Waals surface area contributed by atoms with Crippen molar-refractivity contribution in [2.45, 2.75) is 77.8 Å². The van der Waals surface area contributed by atoms with Crippen LogP contribution in [0.4, 0.5) is 4.79 Å². The summed E-state index contributed by atoms with van der Waals surface area (Å²) in [5.74, 6) is -2.69. The van der Waals surface area contributed by atoms with E-state index in [1.54, 1.807) is 81.4 Å². The Balaban J connectivity index is 2.31. The Hall–Kier alpha value is -4.05. The molecule has 2 rings (SSSR count). The molecule has 0 radical (unpaired) electrons. The summed E-state index contributed by atoms with van der Waals surface area (Å²) in [6, 6.07) is 15.1. The third-order valence-electron chi connectivity index (χ3n) is 6.79. The molecule has 0 aliphatic rings. The first-order chi connectivity index (χ1) is 22.0. The largest absolute Gasteiger partial charge is 0.465 e. The minimum atomic E-state index is -4.37. The standard InChI is InChI=1S/C32H47N5O9S/c1-6-45-30(41)32(4,5)36-47(43,44)37(19-22(2)3)20-27(38)25(17-23-13-9-7-10-14-23)34-29(40)26(18-28(33)39)35-31(42)46-21-24-15-11-8-12-16-24/h7-16,22,25-27,36,38H,6,17-21H2,1-5H3,(H2,33,39)(H,34,40)(H,35,42)/t25-,26-,27+/m0/s1. The van der Waals surface area contributed by atoms with Crippen molar-refractivity contribution < 1.29 is 42.2 Å². The lowest BCUT2D eigenvalue weighted by atomic mass is 10.00. The molecule has 0 heterocycles. The van der Waals surface area contributed by atoms with Crippen LogP contribution in [0, 0.1) is 5.92 Å². The lowest BCUT2D eigenvalue weighted by molar-refractivity contribution is -0.149. The SMILES string of the molecule is CCOC(=O)C(C)(C)NS(=O)(=O)N(CC(C)C)C[C@@H](O)[C@H](Cc1ccccc1)NC(=O)[C@H](CC(N)=O)NC(=O)OCc1ccccc1. The van der Waals surface area contributed by atoms with E-state index in [0.717, 1.165) is 4.31 Å². The van der Waals surface area contributed by atoms with Crippen molar-refractivity contribution in [1.82, 2.24) is 19.7 Å². The predicted molar refractivity (Wildman–Crippen MR) is 175 cm³/mol. The highest BCUT2D eigenvalue weighted by Crippen LogP contribution is 2.15. The van der Waals surface area contributed by atoms with Gasteiger partial charge in [-0.3, -0.25) is 14.4 Å². The Morgan fingerprint density at radius 1 is 0.915 bits per heavy atom. The maximum atomic E-state index is 13.5. The molecule has 14 nitrogen and oxygen atoms in total. The van der Waals surface area contributed by atoms with Crippen LogP contribution in [0.1, 0.15) is 52.2 Å². The maximum absolute atomic E-state index is 13.5. The van der Waals surface area contributed by atoms with Gasteiger partial charge in [0.05, 0.1) is 25.2 Å². The number of hydrogen-bond donors (Lipinski definition) is 5. The lowest BCUT2D eigenvalue weighted by Crippen LogP contribution is -2.59. The van der Waals surface area contributed by atoms with Crippen molar-refractivity contribution in [3.05, 3.63) is 71.8 Å². The van der Waals surface area contributed by atoms with Gasteiger partial charge in [-0.1, -0.05) is 74.5 Å². The Labute approximate surface area is 276 Å². The van der Waals surface area contributed by atoms with Crippen LogP contribution < -0.4 is 21.1 Å². The van der Waals surface area contributed by atoms with Crippen LogP contribution >= 0.6 is 0 Å². The highest BCUT2D eigenvalue weighted by atomic mass is 32.2.